The van der Waals surface area contributed by atoms with Gasteiger partial charge in [-0.05, 0) is 66.6 Å². The minimum absolute atomic E-state index is 0.144. The molecule has 0 aliphatic carbocycles. The monoisotopic (exact) mass is 608 g/mol. The average molecular weight is 609 g/mol. The van der Waals surface area contributed by atoms with Crippen LogP contribution in [0.5, 0.6) is 11.5 Å². The first-order valence-electron chi connectivity index (χ1n) is 12.1. The summed E-state index contributed by atoms with van der Waals surface area (Å²) >= 11 is 4.23. The second-order valence-corrected chi connectivity index (χ2v) is 10.4. The van der Waals surface area contributed by atoms with Crippen molar-refractivity contribution in [3.05, 3.63) is 115 Å². The number of hydrogen-bond donors (Lipinski definition) is 0. The van der Waals surface area contributed by atoms with Gasteiger partial charge in [-0.1, -0.05) is 52.3 Å². The number of nitro groups is 1. The molecule has 1 fully saturated rings. The molecule has 0 N–H and O–H groups in total. The standard InChI is InChI=1S/C29H25BrN2O6S/c1-3-7-21-14-20(15-25(37-4-2)27(21)38-18-19-10-12-23(30)13-11-19)16-26-28(33)31(29(34)39-26)17-22-8-5-6-9-24(22)32(35)36/h3,5-6,8-16H,1,4,7,17-18H2,2H3/b26-16+. The molecule has 39 heavy (non-hydrogen) atoms. The van der Waals surface area contributed by atoms with Crippen molar-refractivity contribution in [1.82, 2.24) is 4.90 Å². The number of imide groups is 1. The van der Waals surface area contributed by atoms with Crippen LogP contribution in [-0.4, -0.2) is 27.6 Å². The van der Waals surface area contributed by atoms with Gasteiger partial charge in [0.05, 0.1) is 23.0 Å². The fourth-order valence-corrected chi connectivity index (χ4v) is 5.12. The number of nitrogens with zero attached hydrogens (tertiary/aromatic N) is 2. The zero-order valence-corrected chi connectivity index (χ0v) is 23.5. The first-order valence-corrected chi connectivity index (χ1v) is 13.7. The zero-order chi connectivity index (χ0) is 27.9. The smallest absolute Gasteiger partial charge is 0.293 e. The van der Waals surface area contributed by atoms with E-state index in [2.05, 4.69) is 22.5 Å². The van der Waals surface area contributed by atoms with Gasteiger partial charge in [0.25, 0.3) is 16.8 Å². The van der Waals surface area contributed by atoms with Crippen molar-refractivity contribution in [3.8, 4) is 11.5 Å². The minimum Gasteiger partial charge on any atom is -0.490 e. The molecule has 1 heterocycles. The Morgan fingerprint density at radius 1 is 1.08 bits per heavy atom. The van der Waals surface area contributed by atoms with Crippen LogP contribution in [0.15, 0.2) is 82.7 Å². The fourth-order valence-electron chi connectivity index (χ4n) is 4.02. The van der Waals surface area contributed by atoms with Crippen LogP contribution in [0.2, 0.25) is 0 Å². The number of thioether (sulfide) groups is 1. The lowest BCUT2D eigenvalue weighted by molar-refractivity contribution is -0.385. The van der Waals surface area contributed by atoms with E-state index in [9.17, 15) is 19.7 Å². The largest absolute Gasteiger partial charge is 0.490 e. The van der Waals surface area contributed by atoms with Crippen molar-refractivity contribution in [3.63, 3.8) is 0 Å². The number of carbonyl (C=O) groups is 2. The lowest BCUT2D eigenvalue weighted by Gasteiger charge is -2.17. The van der Waals surface area contributed by atoms with E-state index in [1.165, 1.54) is 12.1 Å². The summed E-state index contributed by atoms with van der Waals surface area (Å²) in [6, 6.07) is 17.5. The van der Waals surface area contributed by atoms with Gasteiger partial charge < -0.3 is 9.47 Å². The number of para-hydroxylation sites is 1. The Balaban J connectivity index is 1.62. The predicted molar refractivity (Wildman–Crippen MR) is 155 cm³/mol. The van der Waals surface area contributed by atoms with E-state index in [4.69, 9.17) is 9.47 Å². The maximum Gasteiger partial charge on any atom is 0.293 e. The zero-order valence-electron chi connectivity index (χ0n) is 21.1. The topological polar surface area (TPSA) is 99.0 Å². The van der Waals surface area contributed by atoms with Gasteiger partial charge in [-0.3, -0.25) is 24.6 Å². The molecular weight excluding hydrogens is 584 g/mol. The summed E-state index contributed by atoms with van der Waals surface area (Å²) in [6.07, 6.45) is 3.87. The summed E-state index contributed by atoms with van der Waals surface area (Å²) < 4.78 is 13.0. The Kier molecular flexibility index (Phi) is 9.21. The van der Waals surface area contributed by atoms with Gasteiger partial charge >= 0.3 is 0 Å². The van der Waals surface area contributed by atoms with Gasteiger partial charge in [0.15, 0.2) is 11.5 Å². The number of nitro benzene ring substituents is 1. The Bertz CT molecular complexity index is 1450. The van der Waals surface area contributed by atoms with E-state index in [0.29, 0.717) is 36.7 Å². The van der Waals surface area contributed by atoms with Crippen molar-refractivity contribution >= 4 is 50.6 Å². The van der Waals surface area contributed by atoms with Crippen LogP contribution in [0, 0.1) is 10.1 Å². The SMILES string of the molecule is C=CCc1cc(/C=C2/SC(=O)N(Cc3ccccc3[N+](=O)[O-])C2=O)cc(OCC)c1OCc1ccc(Br)cc1. The Labute approximate surface area is 238 Å². The maximum atomic E-state index is 13.1. The Morgan fingerprint density at radius 3 is 2.51 bits per heavy atom. The normalized spacial score (nSPS) is 14.1. The van der Waals surface area contributed by atoms with Crippen LogP contribution in [0.3, 0.4) is 0 Å². The first kappa shape index (κ1) is 28.1. The third kappa shape index (κ3) is 6.76. The average Bonchev–Trinajstić information content (AvgIpc) is 3.17. The van der Waals surface area contributed by atoms with Crippen LogP contribution >= 0.6 is 27.7 Å². The van der Waals surface area contributed by atoms with E-state index >= 15 is 0 Å². The molecule has 200 valence electrons. The number of halogens is 1. The van der Waals surface area contributed by atoms with Crippen molar-refractivity contribution in [2.45, 2.75) is 26.5 Å². The third-order valence-corrected chi connectivity index (χ3v) is 7.24. The molecule has 8 nitrogen and oxygen atoms in total. The van der Waals surface area contributed by atoms with Crippen molar-refractivity contribution in [2.75, 3.05) is 6.61 Å². The molecule has 0 aromatic heterocycles. The number of ether oxygens (including phenoxy) is 2. The van der Waals surface area contributed by atoms with Crippen LogP contribution < -0.4 is 9.47 Å². The summed E-state index contributed by atoms with van der Waals surface area (Å²) in [5.74, 6) is 0.586. The van der Waals surface area contributed by atoms with Crippen molar-refractivity contribution in [2.24, 2.45) is 0 Å². The molecule has 10 heteroatoms. The predicted octanol–water partition coefficient (Wildman–Crippen LogP) is 7.30. The number of benzene rings is 3. The second kappa shape index (κ2) is 12.8. The van der Waals surface area contributed by atoms with E-state index in [0.717, 1.165) is 32.3 Å². The number of allylic oxidation sites excluding steroid dienone is 1. The van der Waals surface area contributed by atoms with Crippen LogP contribution in [0.4, 0.5) is 10.5 Å². The summed E-state index contributed by atoms with van der Waals surface area (Å²) in [7, 11) is 0. The summed E-state index contributed by atoms with van der Waals surface area (Å²) in [5, 5.41) is 10.9. The lowest BCUT2D eigenvalue weighted by atomic mass is 10.0. The molecule has 0 spiro atoms. The molecule has 0 saturated carbocycles. The molecule has 1 saturated heterocycles. The van der Waals surface area contributed by atoms with E-state index in [-0.39, 0.29) is 22.7 Å². The van der Waals surface area contributed by atoms with Gasteiger partial charge in [0.1, 0.15) is 6.61 Å². The molecule has 4 rings (SSSR count). The molecule has 0 unspecified atom stereocenters. The Hall–Kier alpha value is -3.89. The van der Waals surface area contributed by atoms with E-state index < -0.39 is 16.1 Å². The first-order chi connectivity index (χ1) is 18.8. The highest BCUT2D eigenvalue weighted by atomic mass is 79.9. The van der Waals surface area contributed by atoms with E-state index in [1.807, 2.05) is 37.3 Å². The van der Waals surface area contributed by atoms with E-state index in [1.54, 1.807) is 30.4 Å². The molecule has 0 radical (unpaired) electrons. The molecule has 2 amide bonds. The number of hydrogen-bond acceptors (Lipinski definition) is 7. The fraction of sp³-hybridized carbons (Fsp3) is 0.172. The molecule has 1 aliphatic heterocycles. The van der Waals surface area contributed by atoms with Gasteiger partial charge in [-0.25, -0.2) is 0 Å². The highest BCUT2D eigenvalue weighted by Gasteiger charge is 2.36. The van der Waals surface area contributed by atoms with Crippen LogP contribution in [0.25, 0.3) is 6.08 Å². The van der Waals surface area contributed by atoms with Gasteiger partial charge in [-0.15, -0.1) is 6.58 Å². The minimum atomic E-state index is -0.527. The molecule has 1 aliphatic rings. The van der Waals surface area contributed by atoms with Gasteiger partial charge in [0.2, 0.25) is 0 Å². The number of amides is 2. The Morgan fingerprint density at radius 2 is 1.82 bits per heavy atom. The highest BCUT2D eigenvalue weighted by Crippen LogP contribution is 2.38. The second-order valence-electron chi connectivity index (χ2n) is 8.50. The summed E-state index contributed by atoms with van der Waals surface area (Å²) in [6.45, 7) is 6.27. The third-order valence-electron chi connectivity index (χ3n) is 5.80. The molecule has 3 aromatic rings. The van der Waals surface area contributed by atoms with Crippen molar-refractivity contribution in [1.29, 1.82) is 0 Å². The summed E-state index contributed by atoms with van der Waals surface area (Å²) in [4.78, 5) is 37.9. The lowest BCUT2D eigenvalue weighted by Crippen LogP contribution is -2.27. The molecular formula is C29H25BrN2O6S. The van der Waals surface area contributed by atoms with Crippen molar-refractivity contribution < 1.29 is 24.0 Å². The van der Waals surface area contributed by atoms with Gasteiger partial charge in [-0.2, -0.15) is 0 Å². The highest BCUT2D eigenvalue weighted by molar-refractivity contribution is 9.10. The summed E-state index contributed by atoms with van der Waals surface area (Å²) in [5.41, 5.74) is 2.60. The molecule has 0 atom stereocenters. The maximum absolute atomic E-state index is 13.1. The van der Waals surface area contributed by atoms with Gasteiger partial charge in [0, 0.05) is 21.7 Å². The van der Waals surface area contributed by atoms with Crippen LogP contribution in [0.1, 0.15) is 29.2 Å². The quantitative estimate of drug-likeness (QED) is 0.0974. The number of rotatable bonds is 11. The number of carbonyl (C=O) groups excluding carboxylic acids is 2. The van der Waals surface area contributed by atoms with Crippen LogP contribution in [-0.2, 0) is 24.4 Å². The molecule has 3 aromatic carbocycles. The molecule has 0 bridgehead atoms.